The molecule has 1 heterocycles. The summed E-state index contributed by atoms with van der Waals surface area (Å²) in [4.78, 5) is 14.5. The van der Waals surface area contributed by atoms with E-state index in [9.17, 15) is 18.0 Å². The second-order valence-corrected chi connectivity index (χ2v) is 3.93. The third-order valence-corrected chi connectivity index (χ3v) is 2.50. The van der Waals surface area contributed by atoms with E-state index in [1.807, 2.05) is 0 Å². The van der Waals surface area contributed by atoms with Gasteiger partial charge in [-0.15, -0.1) is 0 Å². The zero-order valence-electron chi connectivity index (χ0n) is 8.14. The van der Waals surface area contributed by atoms with E-state index in [1.54, 1.807) is 29.5 Å². The first-order chi connectivity index (χ1) is 7.36. The topological polar surface area (TPSA) is 39.2 Å². The average Bonchev–Trinajstić information content (AvgIpc) is 2.16. The number of pyridine rings is 1. The summed E-state index contributed by atoms with van der Waals surface area (Å²) in [6, 6.07) is 0.694. The molecule has 0 aliphatic rings. The highest BCUT2D eigenvalue weighted by Gasteiger charge is 2.33. The molecule has 1 aromatic heterocycles. The molecular formula is C9H7F3INO2. The van der Waals surface area contributed by atoms with Gasteiger partial charge in [-0.3, -0.25) is 4.98 Å². The number of aromatic nitrogens is 1. The Morgan fingerprint density at radius 1 is 1.56 bits per heavy atom. The fourth-order valence-electron chi connectivity index (χ4n) is 0.959. The summed E-state index contributed by atoms with van der Waals surface area (Å²) in [5.74, 6) is -0.778. The van der Waals surface area contributed by atoms with Gasteiger partial charge >= 0.3 is 12.1 Å². The molecule has 16 heavy (non-hydrogen) atoms. The zero-order valence-corrected chi connectivity index (χ0v) is 10.3. The first-order valence-corrected chi connectivity index (χ1v) is 5.34. The van der Waals surface area contributed by atoms with Crippen molar-refractivity contribution < 1.29 is 22.7 Å². The van der Waals surface area contributed by atoms with Crippen LogP contribution in [0.3, 0.4) is 0 Å². The van der Waals surface area contributed by atoms with Crippen molar-refractivity contribution in [2.45, 2.75) is 13.1 Å². The Bertz CT molecular complexity index is 406. The molecular weight excluding hydrogens is 338 g/mol. The van der Waals surface area contributed by atoms with E-state index in [0.717, 1.165) is 6.20 Å². The van der Waals surface area contributed by atoms with Gasteiger partial charge in [0.25, 0.3) is 0 Å². The fourth-order valence-corrected chi connectivity index (χ4v) is 1.47. The van der Waals surface area contributed by atoms with Crippen molar-refractivity contribution >= 4 is 28.6 Å². The third-order valence-electron chi connectivity index (χ3n) is 1.64. The van der Waals surface area contributed by atoms with E-state index in [4.69, 9.17) is 0 Å². The minimum atomic E-state index is -4.56. The molecule has 0 saturated carbocycles. The fraction of sp³-hybridized carbons (Fsp3) is 0.333. The molecule has 1 rings (SSSR count). The Morgan fingerprint density at radius 2 is 2.19 bits per heavy atom. The molecule has 0 aliphatic carbocycles. The van der Waals surface area contributed by atoms with Crippen molar-refractivity contribution in [1.82, 2.24) is 4.98 Å². The summed E-state index contributed by atoms with van der Waals surface area (Å²) in [6.07, 6.45) is -3.57. The molecule has 1 aromatic rings. The van der Waals surface area contributed by atoms with Gasteiger partial charge in [0, 0.05) is 9.77 Å². The van der Waals surface area contributed by atoms with Crippen LogP contribution in [0.2, 0.25) is 0 Å². The molecule has 88 valence electrons. The summed E-state index contributed by atoms with van der Waals surface area (Å²) in [7, 11) is 0. The first kappa shape index (κ1) is 13.2. The van der Waals surface area contributed by atoms with Gasteiger partial charge in [-0.05, 0) is 35.6 Å². The molecule has 0 unspecified atom stereocenters. The lowest BCUT2D eigenvalue weighted by Gasteiger charge is -2.08. The number of rotatable bonds is 2. The summed E-state index contributed by atoms with van der Waals surface area (Å²) in [5, 5.41) is 0. The standard InChI is InChI=1S/C9H7F3INO2/c1-2-16-8(15)5-3-7(9(10,11)12)14-4-6(5)13/h3-4H,2H2,1H3. The number of halogens is 4. The van der Waals surface area contributed by atoms with Crippen LogP contribution in [0.5, 0.6) is 0 Å². The molecule has 3 nitrogen and oxygen atoms in total. The first-order valence-electron chi connectivity index (χ1n) is 4.26. The third kappa shape index (κ3) is 3.06. The van der Waals surface area contributed by atoms with Gasteiger partial charge in [0.05, 0.1) is 12.2 Å². The molecule has 0 saturated heterocycles. The van der Waals surface area contributed by atoms with Gasteiger partial charge in [0.2, 0.25) is 0 Å². The van der Waals surface area contributed by atoms with Gasteiger partial charge in [-0.25, -0.2) is 4.79 Å². The lowest BCUT2D eigenvalue weighted by atomic mass is 10.2. The summed E-state index contributed by atoms with van der Waals surface area (Å²) < 4.78 is 42.0. The molecule has 0 radical (unpaired) electrons. The predicted octanol–water partition coefficient (Wildman–Crippen LogP) is 2.88. The number of esters is 1. The van der Waals surface area contributed by atoms with Crippen molar-refractivity contribution in [2.24, 2.45) is 0 Å². The summed E-state index contributed by atoms with van der Waals surface area (Å²) in [5.41, 5.74) is -1.22. The van der Waals surface area contributed by atoms with Gasteiger partial charge in [-0.1, -0.05) is 0 Å². The van der Waals surface area contributed by atoms with Crippen molar-refractivity contribution in [3.8, 4) is 0 Å². The average molecular weight is 345 g/mol. The smallest absolute Gasteiger partial charge is 0.433 e. The second-order valence-electron chi connectivity index (χ2n) is 2.77. The Balaban J connectivity index is 3.14. The van der Waals surface area contributed by atoms with Crippen molar-refractivity contribution in [3.05, 3.63) is 27.1 Å². The molecule has 0 aromatic carbocycles. The van der Waals surface area contributed by atoms with Gasteiger partial charge in [-0.2, -0.15) is 13.2 Å². The summed E-state index contributed by atoms with van der Waals surface area (Å²) in [6.45, 7) is 1.69. The minimum Gasteiger partial charge on any atom is -0.462 e. The van der Waals surface area contributed by atoms with Crippen LogP contribution in [0.15, 0.2) is 12.3 Å². The zero-order chi connectivity index (χ0) is 12.3. The molecule has 0 amide bonds. The number of ether oxygens (including phenoxy) is 1. The number of carbonyl (C=O) groups excluding carboxylic acids is 1. The van der Waals surface area contributed by atoms with Crippen molar-refractivity contribution in [1.29, 1.82) is 0 Å². The monoisotopic (exact) mass is 345 g/mol. The van der Waals surface area contributed by atoms with E-state index in [1.165, 1.54) is 0 Å². The molecule has 7 heteroatoms. The van der Waals surface area contributed by atoms with Crippen LogP contribution in [0.25, 0.3) is 0 Å². The second kappa shape index (κ2) is 4.98. The molecule has 0 N–H and O–H groups in total. The van der Waals surface area contributed by atoms with E-state index in [2.05, 4.69) is 9.72 Å². The molecule has 0 atom stereocenters. The van der Waals surface area contributed by atoms with Crippen LogP contribution in [0.1, 0.15) is 23.0 Å². The van der Waals surface area contributed by atoms with Gasteiger partial charge in [0.15, 0.2) is 0 Å². The van der Waals surface area contributed by atoms with Crippen molar-refractivity contribution in [3.63, 3.8) is 0 Å². The van der Waals surface area contributed by atoms with Crippen LogP contribution < -0.4 is 0 Å². The van der Waals surface area contributed by atoms with E-state index in [-0.39, 0.29) is 12.2 Å². The van der Waals surface area contributed by atoms with Crippen LogP contribution in [-0.4, -0.2) is 17.6 Å². The lowest BCUT2D eigenvalue weighted by molar-refractivity contribution is -0.141. The van der Waals surface area contributed by atoms with E-state index >= 15 is 0 Å². The molecule has 0 spiro atoms. The van der Waals surface area contributed by atoms with Gasteiger partial charge in [0.1, 0.15) is 5.69 Å². The maximum Gasteiger partial charge on any atom is 0.433 e. The lowest BCUT2D eigenvalue weighted by Crippen LogP contribution is -2.13. The number of alkyl halides is 3. The number of carbonyl (C=O) groups is 1. The van der Waals surface area contributed by atoms with Crippen LogP contribution in [-0.2, 0) is 10.9 Å². The largest absolute Gasteiger partial charge is 0.462 e. The maximum atomic E-state index is 12.3. The normalized spacial score (nSPS) is 11.3. The Hall–Kier alpha value is -0.860. The van der Waals surface area contributed by atoms with E-state index in [0.29, 0.717) is 9.64 Å². The number of hydrogen-bond acceptors (Lipinski definition) is 3. The van der Waals surface area contributed by atoms with Gasteiger partial charge < -0.3 is 4.74 Å². The van der Waals surface area contributed by atoms with Crippen LogP contribution in [0.4, 0.5) is 13.2 Å². The highest BCUT2D eigenvalue weighted by atomic mass is 127. The number of hydrogen-bond donors (Lipinski definition) is 0. The molecule has 0 fully saturated rings. The Labute approximate surface area is 103 Å². The minimum absolute atomic E-state index is 0.110. The van der Waals surface area contributed by atoms with Crippen LogP contribution >= 0.6 is 22.6 Å². The van der Waals surface area contributed by atoms with E-state index < -0.39 is 17.8 Å². The maximum absolute atomic E-state index is 12.3. The number of nitrogens with zero attached hydrogens (tertiary/aromatic N) is 1. The SMILES string of the molecule is CCOC(=O)c1cc(C(F)(F)F)ncc1I. The predicted molar refractivity (Wildman–Crippen MR) is 57.9 cm³/mol. The van der Waals surface area contributed by atoms with Crippen molar-refractivity contribution in [2.75, 3.05) is 6.61 Å². The van der Waals surface area contributed by atoms with Crippen LogP contribution in [0, 0.1) is 3.57 Å². The molecule has 0 bridgehead atoms. The quantitative estimate of drug-likeness (QED) is 0.611. The Kier molecular flexibility index (Phi) is 4.11. The molecule has 0 aliphatic heterocycles. The highest BCUT2D eigenvalue weighted by molar-refractivity contribution is 14.1. The Morgan fingerprint density at radius 3 is 2.69 bits per heavy atom. The highest BCUT2D eigenvalue weighted by Crippen LogP contribution is 2.29. The summed E-state index contributed by atoms with van der Waals surface area (Å²) >= 11 is 1.73.